The molecule has 0 aliphatic rings. The molecule has 1 heterocycles. The maximum atomic E-state index is 10.5. The summed E-state index contributed by atoms with van der Waals surface area (Å²) in [6, 6.07) is 1.60. The lowest BCUT2D eigenvalue weighted by Crippen LogP contribution is -1.95. The number of nitrogens with zero attached hydrogens (tertiary/aromatic N) is 1. The topological polar surface area (TPSA) is 66.0 Å². The zero-order valence-corrected chi connectivity index (χ0v) is 7.71. The summed E-state index contributed by atoms with van der Waals surface area (Å²) in [6.07, 6.45) is 4.30. The van der Waals surface area contributed by atoms with Crippen molar-refractivity contribution < 1.29 is 9.90 Å². The molecule has 2 N–H and O–H groups in total. The lowest BCUT2D eigenvalue weighted by Gasteiger charge is -1.93. The molecule has 0 radical (unpaired) electrons. The van der Waals surface area contributed by atoms with Gasteiger partial charge in [0, 0.05) is 5.69 Å². The van der Waals surface area contributed by atoms with E-state index >= 15 is 0 Å². The molecule has 0 atom stereocenters. The number of aromatic carboxylic acids is 1. The lowest BCUT2D eigenvalue weighted by molar-refractivity contribution is 0.0690. The van der Waals surface area contributed by atoms with Gasteiger partial charge in [0.2, 0.25) is 0 Å². The van der Waals surface area contributed by atoms with E-state index in [1.165, 1.54) is 12.8 Å². The minimum Gasteiger partial charge on any atom is -0.476 e. The molecule has 13 heavy (non-hydrogen) atoms. The number of carbonyl (C=O) groups is 1. The third-order valence-electron chi connectivity index (χ3n) is 1.90. The molecule has 1 aromatic heterocycles. The Labute approximate surface area is 77.0 Å². The zero-order valence-electron chi connectivity index (χ0n) is 7.71. The van der Waals surface area contributed by atoms with Gasteiger partial charge in [0.15, 0.2) is 5.69 Å². The van der Waals surface area contributed by atoms with Gasteiger partial charge in [-0.2, -0.15) is 5.10 Å². The second-order valence-electron chi connectivity index (χ2n) is 3.04. The molecule has 1 aromatic rings. The highest BCUT2D eigenvalue weighted by molar-refractivity contribution is 5.85. The molecule has 0 amide bonds. The van der Waals surface area contributed by atoms with E-state index in [0.29, 0.717) is 0 Å². The van der Waals surface area contributed by atoms with Crippen LogP contribution in [0.2, 0.25) is 0 Å². The van der Waals surface area contributed by atoms with Gasteiger partial charge in [-0.1, -0.05) is 19.8 Å². The van der Waals surface area contributed by atoms with Gasteiger partial charge < -0.3 is 5.11 Å². The van der Waals surface area contributed by atoms with E-state index in [4.69, 9.17) is 5.11 Å². The van der Waals surface area contributed by atoms with Crippen LogP contribution in [-0.2, 0) is 6.42 Å². The van der Waals surface area contributed by atoms with Crippen LogP contribution in [0, 0.1) is 0 Å². The third kappa shape index (κ3) is 2.89. The van der Waals surface area contributed by atoms with Crippen molar-refractivity contribution in [3.63, 3.8) is 0 Å². The van der Waals surface area contributed by atoms with Crippen LogP contribution in [0.25, 0.3) is 0 Å². The monoisotopic (exact) mass is 182 g/mol. The van der Waals surface area contributed by atoms with Crippen LogP contribution in [0.3, 0.4) is 0 Å². The summed E-state index contributed by atoms with van der Waals surface area (Å²) in [7, 11) is 0. The first-order valence-electron chi connectivity index (χ1n) is 4.51. The SMILES string of the molecule is CCCCCc1cc(C(=O)O)n[nH]1. The summed E-state index contributed by atoms with van der Waals surface area (Å²) in [5.74, 6) is -0.974. The van der Waals surface area contributed by atoms with Crippen molar-refractivity contribution in [2.75, 3.05) is 0 Å². The van der Waals surface area contributed by atoms with Crippen molar-refractivity contribution in [3.05, 3.63) is 17.5 Å². The van der Waals surface area contributed by atoms with Crippen molar-refractivity contribution in [2.24, 2.45) is 0 Å². The Kier molecular flexibility index (Phi) is 3.49. The van der Waals surface area contributed by atoms with Crippen LogP contribution in [0.1, 0.15) is 42.4 Å². The number of aromatic nitrogens is 2. The Hall–Kier alpha value is -1.32. The zero-order chi connectivity index (χ0) is 9.68. The van der Waals surface area contributed by atoms with E-state index in [9.17, 15) is 4.79 Å². The number of unbranched alkanes of at least 4 members (excludes halogenated alkanes) is 2. The molecule has 1 rings (SSSR count). The number of aromatic amines is 1. The molecule has 0 fully saturated rings. The number of rotatable bonds is 5. The number of hydrogen-bond acceptors (Lipinski definition) is 2. The molecule has 0 unspecified atom stereocenters. The summed E-state index contributed by atoms with van der Waals surface area (Å²) in [5.41, 5.74) is 1.01. The first-order valence-corrected chi connectivity index (χ1v) is 4.51. The second kappa shape index (κ2) is 4.64. The highest BCUT2D eigenvalue weighted by Gasteiger charge is 2.06. The normalized spacial score (nSPS) is 10.2. The van der Waals surface area contributed by atoms with Crippen LogP contribution in [0.5, 0.6) is 0 Å². The molecule has 0 aliphatic carbocycles. The minimum absolute atomic E-state index is 0.103. The number of carboxylic acids is 1. The molecule has 0 aliphatic heterocycles. The van der Waals surface area contributed by atoms with Gasteiger partial charge in [0.05, 0.1) is 0 Å². The number of aryl methyl sites for hydroxylation is 1. The second-order valence-corrected chi connectivity index (χ2v) is 3.04. The highest BCUT2D eigenvalue weighted by Crippen LogP contribution is 2.05. The predicted molar refractivity (Wildman–Crippen MR) is 48.8 cm³/mol. The average Bonchev–Trinajstić information content (AvgIpc) is 2.53. The summed E-state index contributed by atoms with van der Waals surface area (Å²) >= 11 is 0. The molecule has 0 bridgehead atoms. The minimum atomic E-state index is -0.974. The van der Waals surface area contributed by atoms with E-state index in [1.807, 2.05) is 0 Å². The average molecular weight is 182 g/mol. The van der Waals surface area contributed by atoms with Gasteiger partial charge >= 0.3 is 5.97 Å². The van der Waals surface area contributed by atoms with Crippen LogP contribution < -0.4 is 0 Å². The van der Waals surface area contributed by atoms with Crippen molar-refractivity contribution in [1.29, 1.82) is 0 Å². The maximum absolute atomic E-state index is 10.5. The Morgan fingerprint density at radius 3 is 2.92 bits per heavy atom. The van der Waals surface area contributed by atoms with E-state index in [1.54, 1.807) is 6.07 Å². The molecule has 72 valence electrons. The van der Waals surface area contributed by atoms with Gasteiger partial charge in [-0.3, -0.25) is 5.10 Å². The molecule has 0 saturated heterocycles. The maximum Gasteiger partial charge on any atom is 0.356 e. The van der Waals surface area contributed by atoms with Crippen LogP contribution in [-0.4, -0.2) is 21.3 Å². The van der Waals surface area contributed by atoms with Crippen molar-refractivity contribution in [3.8, 4) is 0 Å². The van der Waals surface area contributed by atoms with Crippen LogP contribution in [0.4, 0.5) is 0 Å². The molecule has 0 aromatic carbocycles. The van der Waals surface area contributed by atoms with Crippen LogP contribution in [0.15, 0.2) is 6.07 Å². The lowest BCUT2D eigenvalue weighted by atomic mass is 10.1. The fourth-order valence-corrected chi connectivity index (χ4v) is 1.16. The standard InChI is InChI=1S/C9H14N2O2/c1-2-3-4-5-7-6-8(9(12)13)11-10-7/h6H,2-5H2,1H3,(H,10,11)(H,12,13). The van der Waals surface area contributed by atoms with Crippen molar-refractivity contribution in [1.82, 2.24) is 10.2 Å². The molecule has 0 saturated carbocycles. The number of H-pyrrole nitrogens is 1. The number of nitrogens with one attached hydrogen (secondary N) is 1. The Balaban J connectivity index is 2.44. The van der Waals surface area contributed by atoms with Gasteiger partial charge in [0.25, 0.3) is 0 Å². The Morgan fingerprint density at radius 2 is 2.38 bits per heavy atom. The Morgan fingerprint density at radius 1 is 1.62 bits per heavy atom. The van der Waals surface area contributed by atoms with E-state index in [0.717, 1.165) is 18.5 Å². The van der Waals surface area contributed by atoms with E-state index < -0.39 is 5.97 Å². The summed E-state index contributed by atoms with van der Waals surface area (Å²) < 4.78 is 0. The quantitative estimate of drug-likeness (QED) is 0.683. The van der Waals surface area contributed by atoms with Gasteiger partial charge in [-0.25, -0.2) is 4.79 Å². The number of carboxylic acid groups (broad SMARTS) is 1. The van der Waals surface area contributed by atoms with Crippen molar-refractivity contribution >= 4 is 5.97 Å². The van der Waals surface area contributed by atoms with E-state index in [-0.39, 0.29) is 5.69 Å². The first-order chi connectivity index (χ1) is 6.24. The third-order valence-corrected chi connectivity index (χ3v) is 1.90. The number of hydrogen-bond donors (Lipinski definition) is 2. The molecular weight excluding hydrogens is 168 g/mol. The fourth-order valence-electron chi connectivity index (χ4n) is 1.16. The van der Waals surface area contributed by atoms with Gasteiger partial charge in [-0.05, 0) is 18.9 Å². The predicted octanol–water partition coefficient (Wildman–Crippen LogP) is 1.84. The highest BCUT2D eigenvalue weighted by atomic mass is 16.4. The van der Waals surface area contributed by atoms with Crippen molar-refractivity contribution in [2.45, 2.75) is 32.6 Å². The first kappa shape index (κ1) is 9.77. The summed E-state index contributed by atoms with van der Waals surface area (Å²) in [6.45, 7) is 2.13. The van der Waals surface area contributed by atoms with Gasteiger partial charge in [0.1, 0.15) is 0 Å². The smallest absolute Gasteiger partial charge is 0.356 e. The Bertz CT molecular complexity index is 281. The molecule has 0 spiro atoms. The largest absolute Gasteiger partial charge is 0.476 e. The summed E-state index contributed by atoms with van der Waals surface area (Å²) in [4.78, 5) is 10.5. The summed E-state index contributed by atoms with van der Waals surface area (Å²) in [5, 5.41) is 15.0. The van der Waals surface area contributed by atoms with E-state index in [2.05, 4.69) is 17.1 Å². The van der Waals surface area contributed by atoms with Crippen LogP contribution >= 0.6 is 0 Å². The fraction of sp³-hybridized carbons (Fsp3) is 0.556. The van der Waals surface area contributed by atoms with Gasteiger partial charge in [-0.15, -0.1) is 0 Å². The molecular formula is C9H14N2O2. The molecule has 4 nitrogen and oxygen atoms in total. The molecule has 4 heteroatoms.